The molecule has 0 spiro atoms. The molecule has 2 rings (SSSR count). The summed E-state index contributed by atoms with van der Waals surface area (Å²) < 4.78 is 0.645. The summed E-state index contributed by atoms with van der Waals surface area (Å²) in [7, 11) is 0. The fourth-order valence-corrected chi connectivity index (χ4v) is 2.52. The van der Waals surface area contributed by atoms with Gasteiger partial charge in [-0.2, -0.15) is 0 Å². The van der Waals surface area contributed by atoms with E-state index in [-0.39, 0.29) is 17.9 Å². The molecular weight excluding hydrogens is 310 g/mol. The normalized spacial score (nSPS) is 16.2. The first-order valence-electron chi connectivity index (χ1n) is 6.24. The number of aromatic nitrogens is 1. The van der Waals surface area contributed by atoms with Gasteiger partial charge in [-0.15, -0.1) is 0 Å². The van der Waals surface area contributed by atoms with E-state index in [1.807, 2.05) is 4.90 Å². The van der Waals surface area contributed by atoms with Gasteiger partial charge < -0.3 is 10.2 Å². The largest absolute Gasteiger partial charge is 0.349 e. The van der Waals surface area contributed by atoms with E-state index in [9.17, 15) is 9.59 Å². The van der Waals surface area contributed by atoms with Crippen LogP contribution < -0.4 is 5.32 Å². The third-order valence-electron chi connectivity index (χ3n) is 3.26. The number of rotatable bonds is 2. The highest BCUT2D eigenvalue weighted by Gasteiger charge is 2.22. The van der Waals surface area contributed by atoms with Crippen molar-refractivity contribution in [3.63, 3.8) is 0 Å². The maximum absolute atomic E-state index is 12.0. The molecule has 2 heterocycles. The maximum atomic E-state index is 12.0. The number of halogens is 1. The van der Waals surface area contributed by atoms with Crippen LogP contribution in [0.5, 0.6) is 0 Å². The minimum Gasteiger partial charge on any atom is -0.349 e. The van der Waals surface area contributed by atoms with E-state index < -0.39 is 0 Å². The fourth-order valence-electron chi connectivity index (χ4n) is 2.15. The average Bonchev–Trinajstić information content (AvgIpc) is 2.39. The number of amides is 2. The summed E-state index contributed by atoms with van der Waals surface area (Å²) in [6, 6.07) is 3.51. The number of hydrogen-bond acceptors (Lipinski definition) is 3. The zero-order valence-corrected chi connectivity index (χ0v) is 12.3. The zero-order valence-electron chi connectivity index (χ0n) is 10.7. The second kappa shape index (κ2) is 6.14. The Morgan fingerprint density at radius 3 is 2.68 bits per heavy atom. The molecule has 0 bridgehead atoms. The molecule has 1 aromatic heterocycles. The van der Waals surface area contributed by atoms with Crippen molar-refractivity contribution in [1.82, 2.24) is 15.2 Å². The van der Waals surface area contributed by atoms with Gasteiger partial charge in [0.25, 0.3) is 5.91 Å². The van der Waals surface area contributed by atoms with E-state index in [4.69, 9.17) is 0 Å². The monoisotopic (exact) mass is 325 g/mol. The molecule has 0 saturated carbocycles. The van der Waals surface area contributed by atoms with E-state index in [0.717, 1.165) is 12.8 Å². The first-order chi connectivity index (χ1) is 9.06. The van der Waals surface area contributed by atoms with Crippen LogP contribution in [-0.4, -0.2) is 40.8 Å². The fraction of sp³-hybridized carbons (Fsp3) is 0.462. The number of nitrogens with one attached hydrogen (secondary N) is 1. The van der Waals surface area contributed by atoms with Gasteiger partial charge in [0.2, 0.25) is 5.91 Å². The highest BCUT2D eigenvalue weighted by atomic mass is 79.9. The summed E-state index contributed by atoms with van der Waals surface area (Å²) in [5.41, 5.74) is 0.593. The van der Waals surface area contributed by atoms with E-state index in [0.29, 0.717) is 23.3 Å². The highest BCUT2D eigenvalue weighted by Crippen LogP contribution is 2.12. The van der Waals surface area contributed by atoms with E-state index >= 15 is 0 Å². The third kappa shape index (κ3) is 3.76. The molecule has 0 atom stereocenters. The van der Waals surface area contributed by atoms with Crippen LogP contribution in [0.15, 0.2) is 22.9 Å². The molecule has 1 saturated heterocycles. The lowest BCUT2D eigenvalue weighted by molar-refractivity contribution is -0.129. The minimum absolute atomic E-state index is 0.0932. The highest BCUT2D eigenvalue weighted by molar-refractivity contribution is 9.10. The Labute approximate surface area is 120 Å². The molecule has 102 valence electrons. The molecule has 6 heteroatoms. The van der Waals surface area contributed by atoms with Crippen molar-refractivity contribution >= 4 is 27.7 Å². The SMILES string of the molecule is CC(=O)N1CCC(NC(=O)c2ccnc(Br)c2)CC1. The number of likely N-dealkylation sites (tertiary alicyclic amines) is 1. The number of hydrogen-bond donors (Lipinski definition) is 1. The molecular formula is C13H16BrN3O2. The van der Waals surface area contributed by atoms with Gasteiger partial charge in [-0.3, -0.25) is 9.59 Å². The van der Waals surface area contributed by atoms with Crippen LogP contribution in [0.1, 0.15) is 30.1 Å². The Morgan fingerprint density at radius 1 is 1.42 bits per heavy atom. The topological polar surface area (TPSA) is 62.3 Å². The smallest absolute Gasteiger partial charge is 0.251 e. The second-order valence-electron chi connectivity index (χ2n) is 4.62. The molecule has 1 N–H and O–H groups in total. The number of piperidine rings is 1. The standard InChI is InChI=1S/C13H16BrN3O2/c1-9(18)17-6-3-11(4-7-17)16-13(19)10-2-5-15-12(14)8-10/h2,5,8,11H,3-4,6-7H2,1H3,(H,16,19). The predicted molar refractivity (Wildman–Crippen MR) is 74.7 cm³/mol. The van der Waals surface area contributed by atoms with Gasteiger partial charge in [0.15, 0.2) is 0 Å². The van der Waals surface area contributed by atoms with Gasteiger partial charge in [-0.1, -0.05) is 0 Å². The van der Waals surface area contributed by atoms with Crippen molar-refractivity contribution in [2.75, 3.05) is 13.1 Å². The number of carbonyl (C=O) groups excluding carboxylic acids is 2. The summed E-state index contributed by atoms with van der Waals surface area (Å²) >= 11 is 3.24. The van der Waals surface area contributed by atoms with Gasteiger partial charge >= 0.3 is 0 Å². The molecule has 0 unspecified atom stereocenters. The molecule has 0 radical (unpaired) electrons. The van der Waals surface area contributed by atoms with Crippen molar-refractivity contribution in [3.05, 3.63) is 28.5 Å². The molecule has 1 fully saturated rings. The van der Waals surface area contributed by atoms with Crippen LogP contribution in [0, 0.1) is 0 Å². The summed E-state index contributed by atoms with van der Waals surface area (Å²) in [6.07, 6.45) is 3.20. The molecule has 2 amide bonds. The minimum atomic E-state index is -0.0932. The lowest BCUT2D eigenvalue weighted by Gasteiger charge is -2.31. The zero-order chi connectivity index (χ0) is 13.8. The summed E-state index contributed by atoms with van der Waals surface area (Å²) in [5.74, 6) is 0.00668. The van der Waals surface area contributed by atoms with Gasteiger partial charge in [0.05, 0.1) is 0 Å². The lowest BCUT2D eigenvalue weighted by Crippen LogP contribution is -2.46. The molecule has 0 aliphatic carbocycles. The molecule has 19 heavy (non-hydrogen) atoms. The van der Waals surface area contributed by atoms with Crippen molar-refractivity contribution in [3.8, 4) is 0 Å². The van der Waals surface area contributed by atoms with Gasteiger partial charge in [-0.05, 0) is 40.9 Å². The third-order valence-corrected chi connectivity index (χ3v) is 3.70. The lowest BCUT2D eigenvalue weighted by atomic mass is 10.0. The Balaban J connectivity index is 1.89. The first kappa shape index (κ1) is 14.0. The van der Waals surface area contributed by atoms with E-state index in [1.54, 1.807) is 25.3 Å². The Kier molecular flexibility index (Phi) is 4.52. The van der Waals surface area contributed by atoms with Gasteiger partial charge in [0.1, 0.15) is 4.60 Å². The van der Waals surface area contributed by atoms with E-state index in [1.165, 1.54) is 0 Å². The quantitative estimate of drug-likeness (QED) is 0.840. The van der Waals surface area contributed by atoms with Crippen molar-refractivity contribution in [2.45, 2.75) is 25.8 Å². The summed E-state index contributed by atoms with van der Waals surface area (Å²) in [6.45, 7) is 2.99. The molecule has 1 aromatic rings. The molecule has 0 aromatic carbocycles. The van der Waals surface area contributed by atoms with E-state index in [2.05, 4.69) is 26.2 Å². The Morgan fingerprint density at radius 2 is 2.11 bits per heavy atom. The Bertz CT molecular complexity index is 485. The van der Waals surface area contributed by atoms with Crippen LogP contribution in [-0.2, 0) is 4.79 Å². The molecule has 1 aliphatic rings. The predicted octanol–water partition coefficient (Wildman–Crippen LogP) is 1.58. The maximum Gasteiger partial charge on any atom is 0.251 e. The van der Waals surface area contributed by atoms with Crippen LogP contribution in [0.2, 0.25) is 0 Å². The summed E-state index contributed by atoms with van der Waals surface area (Å²) in [5, 5.41) is 3.00. The van der Waals surface area contributed by atoms with Gasteiger partial charge in [-0.25, -0.2) is 4.98 Å². The van der Waals surface area contributed by atoms with Crippen molar-refractivity contribution in [1.29, 1.82) is 0 Å². The molecule has 1 aliphatic heterocycles. The van der Waals surface area contributed by atoms with Crippen LogP contribution in [0.25, 0.3) is 0 Å². The van der Waals surface area contributed by atoms with Crippen molar-refractivity contribution in [2.24, 2.45) is 0 Å². The number of carbonyl (C=O) groups is 2. The van der Waals surface area contributed by atoms with Gasteiger partial charge in [0, 0.05) is 37.8 Å². The Hall–Kier alpha value is -1.43. The second-order valence-corrected chi connectivity index (χ2v) is 5.43. The van der Waals surface area contributed by atoms with Crippen LogP contribution in [0.4, 0.5) is 0 Å². The van der Waals surface area contributed by atoms with Crippen molar-refractivity contribution < 1.29 is 9.59 Å². The molecule has 5 nitrogen and oxygen atoms in total. The number of pyridine rings is 1. The van der Waals surface area contributed by atoms with Crippen LogP contribution >= 0.6 is 15.9 Å². The summed E-state index contributed by atoms with van der Waals surface area (Å²) in [4.78, 5) is 29.1. The average molecular weight is 326 g/mol. The van der Waals surface area contributed by atoms with Crippen LogP contribution in [0.3, 0.4) is 0 Å². The number of nitrogens with zero attached hydrogens (tertiary/aromatic N) is 2. The first-order valence-corrected chi connectivity index (χ1v) is 7.03.